The highest BCUT2D eigenvalue weighted by atomic mass is 35.5. The largest absolute Gasteiger partial charge is 0.383 e. The van der Waals surface area contributed by atoms with E-state index in [0.29, 0.717) is 25.5 Å². The molecule has 1 aliphatic rings. The van der Waals surface area contributed by atoms with Crippen LogP contribution in [-0.4, -0.2) is 72.2 Å². The maximum Gasteiger partial charge on any atom is 0.223 e. The minimum atomic E-state index is 0. The molecule has 0 spiro atoms. The number of hydrogen-bond donors (Lipinski definition) is 0. The molecule has 1 fully saturated rings. The van der Waals surface area contributed by atoms with Crippen LogP contribution in [-0.2, 0) is 22.5 Å². The number of amides is 1. The van der Waals surface area contributed by atoms with Gasteiger partial charge < -0.3 is 19.1 Å². The minimum Gasteiger partial charge on any atom is -0.383 e. The van der Waals surface area contributed by atoms with Crippen molar-refractivity contribution < 1.29 is 9.53 Å². The molecule has 1 saturated heterocycles. The highest BCUT2D eigenvalue weighted by Gasteiger charge is 2.24. The smallest absolute Gasteiger partial charge is 0.223 e. The summed E-state index contributed by atoms with van der Waals surface area (Å²) < 4.78 is 7.16. The van der Waals surface area contributed by atoms with Crippen molar-refractivity contribution in [2.75, 3.05) is 40.9 Å². The van der Waals surface area contributed by atoms with Crippen molar-refractivity contribution in [2.24, 2.45) is 0 Å². The van der Waals surface area contributed by atoms with E-state index >= 15 is 0 Å². The second-order valence-corrected chi connectivity index (χ2v) is 6.13. The van der Waals surface area contributed by atoms with Crippen LogP contribution in [0.25, 0.3) is 0 Å². The van der Waals surface area contributed by atoms with Crippen LogP contribution in [0.3, 0.4) is 0 Å². The first-order valence-electron chi connectivity index (χ1n) is 8.05. The van der Waals surface area contributed by atoms with E-state index in [1.165, 1.54) is 6.42 Å². The van der Waals surface area contributed by atoms with Crippen LogP contribution in [0.1, 0.15) is 25.1 Å². The van der Waals surface area contributed by atoms with Crippen LogP contribution < -0.4 is 0 Å². The molecule has 7 heteroatoms. The van der Waals surface area contributed by atoms with Gasteiger partial charge in [-0.2, -0.15) is 0 Å². The summed E-state index contributed by atoms with van der Waals surface area (Å²) in [5.41, 5.74) is 0. The number of carbonyl (C=O) groups is 1. The van der Waals surface area contributed by atoms with Crippen molar-refractivity contribution in [1.29, 1.82) is 0 Å². The molecule has 1 aromatic heterocycles. The van der Waals surface area contributed by atoms with E-state index in [0.717, 1.165) is 31.9 Å². The SMILES string of the molecule is COCCn1ccnc1CCC(=O)N1CCCC(N(C)C)C1.Cl. The van der Waals surface area contributed by atoms with Gasteiger partial charge in [0.05, 0.1) is 6.61 Å². The van der Waals surface area contributed by atoms with Crippen molar-refractivity contribution >= 4 is 18.3 Å². The Morgan fingerprint density at radius 1 is 1.48 bits per heavy atom. The summed E-state index contributed by atoms with van der Waals surface area (Å²) in [7, 11) is 5.87. The Labute approximate surface area is 145 Å². The first kappa shape index (κ1) is 19.9. The highest BCUT2D eigenvalue weighted by Crippen LogP contribution is 2.15. The summed E-state index contributed by atoms with van der Waals surface area (Å²) in [5.74, 6) is 1.21. The van der Waals surface area contributed by atoms with Crippen molar-refractivity contribution in [1.82, 2.24) is 19.4 Å². The van der Waals surface area contributed by atoms with E-state index in [9.17, 15) is 4.79 Å². The fourth-order valence-electron chi connectivity index (χ4n) is 2.94. The van der Waals surface area contributed by atoms with Crippen molar-refractivity contribution in [3.63, 3.8) is 0 Å². The van der Waals surface area contributed by atoms with Crippen LogP contribution in [0.15, 0.2) is 12.4 Å². The summed E-state index contributed by atoms with van der Waals surface area (Å²) in [6.07, 6.45) is 7.23. The third kappa shape index (κ3) is 5.79. The maximum absolute atomic E-state index is 12.4. The van der Waals surface area contributed by atoms with Crippen molar-refractivity contribution in [3.8, 4) is 0 Å². The average molecular weight is 345 g/mol. The number of rotatable bonds is 7. The number of aryl methyl sites for hydroxylation is 1. The molecule has 6 nitrogen and oxygen atoms in total. The number of nitrogens with zero attached hydrogens (tertiary/aromatic N) is 4. The zero-order valence-corrected chi connectivity index (χ0v) is 15.2. The Morgan fingerprint density at radius 2 is 2.26 bits per heavy atom. The molecule has 1 aliphatic heterocycles. The number of halogens is 1. The minimum absolute atomic E-state index is 0. The standard InChI is InChI=1S/C16H28N4O2.ClH/c1-18(2)14-5-4-9-20(13-14)16(21)7-6-15-17-8-10-19(15)11-12-22-3;/h8,10,14H,4-7,9,11-13H2,1-3H3;1H. The lowest BCUT2D eigenvalue weighted by molar-refractivity contribution is -0.133. The zero-order chi connectivity index (χ0) is 15.9. The third-order valence-electron chi connectivity index (χ3n) is 4.38. The Hall–Kier alpha value is -1.11. The van der Waals surface area contributed by atoms with Gasteiger partial charge in [0.1, 0.15) is 5.82 Å². The molecule has 0 saturated carbocycles. The second kappa shape index (κ2) is 9.90. The summed E-state index contributed by atoms with van der Waals surface area (Å²) in [5, 5.41) is 0. The zero-order valence-electron chi connectivity index (χ0n) is 14.4. The normalized spacial score (nSPS) is 18.1. The second-order valence-electron chi connectivity index (χ2n) is 6.13. The molecule has 2 heterocycles. The predicted molar refractivity (Wildman–Crippen MR) is 93.0 cm³/mol. The Kier molecular flexibility index (Phi) is 8.58. The number of imidazole rings is 1. The number of likely N-dealkylation sites (tertiary alicyclic amines) is 1. The van der Waals surface area contributed by atoms with Crippen molar-refractivity contribution in [2.45, 2.75) is 38.3 Å². The van der Waals surface area contributed by atoms with Gasteiger partial charge in [0.2, 0.25) is 5.91 Å². The molecule has 0 radical (unpaired) electrons. The number of hydrogen-bond acceptors (Lipinski definition) is 4. The van der Waals surface area contributed by atoms with Crippen LogP contribution in [0.5, 0.6) is 0 Å². The molecular weight excluding hydrogens is 316 g/mol. The molecule has 0 N–H and O–H groups in total. The number of likely N-dealkylation sites (N-methyl/N-ethyl adjacent to an activating group) is 1. The van der Waals surface area contributed by atoms with Crippen LogP contribution in [0.2, 0.25) is 0 Å². The van der Waals surface area contributed by atoms with E-state index in [4.69, 9.17) is 4.74 Å². The van der Waals surface area contributed by atoms with E-state index in [1.54, 1.807) is 13.3 Å². The first-order chi connectivity index (χ1) is 10.6. The number of piperidine rings is 1. The molecular formula is C16H29ClN4O2. The summed E-state index contributed by atoms with van der Waals surface area (Å²) in [6, 6.07) is 0.487. The van der Waals surface area contributed by atoms with E-state index in [2.05, 4.69) is 28.5 Å². The van der Waals surface area contributed by atoms with E-state index in [1.807, 2.05) is 11.1 Å². The third-order valence-corrected chi connectivity index (χ3v) is 4.38. The Morgan fingerprint density at radius 3 is 2.96 bits per heavy atom. The summed E-state index contributed by atoms with van der Waals surface area (Å²) in [6.45, 7) is 3.19. The fourth-order valence-corrected chi connectivity index (χ4v) is 2.94. The molecule has 1 unspecified atom stereocenters. The van der Waals surface area contributed by atoms with E-state index < -0.39 is 0 Å². The lowest BCUT2D eigenvalue weighted by Gasteiger charge is -2.36. The van der Waals surface area contributed by atoms with Gasteiger partial charge in [0.15, 0.2) is 0 Å². The monoisotopic (exact) mass is 344 g/mol. The average Bonchev–Trinajstić information content (AvgIpc) is 2.98. The lowest BCUT2D eigenvalue weighted by atomic mass is 10.0. The molecule has 23 heavy (non-hydrogen) atoms. The maximum atomic E-state index is 12.4. The Balaban J connectivity index is 0.00000264. The number of methoxy groups -OCH3 is 1. The number of carbonyl (C=O) groups excluding carboxylic acids is 1. The Bertz CT molecular complexity index is 478. The summed E-state index contributed by atoms with van der Waals surface area (Å²) >= 11 is 0. The lowest BCUT2D eigenvalue weighted by Crippen LogP contribution is -2.47. The highest BCUT2D eigenvalue weighted by molar-refractivity contribution is 5.85. The molecule has 2 rings (SSSR count). The van der Waals surface area contributed by atoms with Crippen LogP contribution >= 0.6 is 12.4 Å². The molecule has 1 atom stereocenters. The van der Waals surface area contributed by atoms with Gasteiger partial charge in [-0.15, -0.1) is 12.4 Å². The summed E-state index contributed by atoms with van der Waals surface area (Å²) in [4.78, 5) is 21.0. The van der Waals surface area contributed by atoms with Gasteiger partial charge >= 0.3 is 0 Å². The quantitative estimate of drug-likeness (QED) is 0.751. The molecule has 0 bridgehead atoms. The molecule has 132 valence electrons. The first-order valence-corrected chi connectivity index (χ1v) is 8.05. The van der Waals surface area contributed by atoms with Gasteiger partial charge in [0, 0.05) is 58.0 Å². The molecule has 1 aromatic rings. The van der Waals surface area contributed by atoms with Gasteiger partial charge in [-0.05, 0) is 26.9 Å². The van der Waals surface area contributed by atoms with E-state index in [-0.39, 0.29) is 18.3 Å². The molecule has 1 amide bonds. The topological polar surface area (TPSA) is 50.6 Å². The predicted octanol–water partition coefficient (Wildman–Crippen LogP) is 1.44. The van der Waals surface area contributed by atoms with Crippen molar-refractivity contribution in [3.05, 3.63) is 18.2 Å². The number of ether oxygens (including phenoxy) is 1. The van der Waals surface area contributed by atoms with Gasteiger partial charge in [0.25, 0.3) is 0 Å². The van der Waals surface area contributed by atoms with Gasteiger partial charge in [-0.25, -0.2) is 4.98 Å². The van der Waals surface area contributed by atoms with Gasteiger partial charge in [-0.3, -0.25) is 4.79 Å². The molecule has 0 aromatic carbocycles. The molecule has 0 aliphatic carbocycles. The number of aromatic nitrogens is 2. The van der Waals surface area contributed by atoms with Crippen LogP contribution in [0, 0.1) is 0 Å². The van der Waals surface area contributed by atoms with Crippen LogP contribution in [0.4, 0.5) is 0 Å². The fraction of sp³-hybridized carbons (Fsp3) is 0.750. The van der Waals surface area contributed by atoms with Gasteiger partial charge in [-0.1, -0.05) is 0 Å².